The molecular weight excluding hydrogens is 270 g/mol. The molecule has 0 spiro atoms. The van der Waals surface area contributed by atoms with E-state index in [1.54, 1.807) is 0 Å². The van der Waals surface area contributed by atoms with E-state index in [1.165, 1.54) is 38.5 Å². The molecule has 1 aliphatic rings. The highest BCUT2D eigenvalue weighted by Crippen LogP contribution is 2.28. The Morgan fingerprint density at radius 2 is 1.45 bits per heavy atom. The van der Waals surface area contributed by atoms with E-state index < -0.39 is 0 Å². The first-order valence-electron chi connectivity index (χ1n) is 9.42. The van der Waals surface area contributed by atoms with Crippen LogP contribution in [0.3, 0.4) is 0 Å². The fourth-order valence-electron chi connectivity index (χ4n) is 3.19. The van der Waals surface area contributed by atoms with Crippen molar-refractivity contribution in [2.45, 2.75) is 99.2 Å². The fourth-order valence-corrected chi connectivity index (χ4v) is 3.19. The fraction of sp³-hybridized carbons (Fsp3) is 1.00. The number of nitrogens with zero attached hydrogens (tertiary/aromatic N) is 1. The van der Waals surface area contributed by atoms with Gasteiger partial charge in [-0.2, -0.15) is 0 Å². The van der Waals surface area contributed by atoms with Gasteiger partial charge < -0.3 is 0 Å². The van der Waals surface area contributed by atoms with Crippen LogP contribution in [-0.4, -0.2) is 30.3 Å². The van der Waals surface area contributed by atoms with Gasteiger partial charge in [-0.15, -0.1) is 0 Å². The first-order valence-corrected chi connectivity index (χ1v) is 9.42. The Morgan fingerprint density at radius 1 is 0.864 bits per heavy atom. The maximum atomic E-state index is 3.82. The lowest BCUT2D eigenvalue weighted by molar-refractivity contribution is -0.0397. The van der Waals surface area contributed by atoms with Crippen LogP contribution in [0.15, 0.2) is 0 Å². The van der Waals surface area contributed by atoms with Crippen LogP contribution < -0.4 is 10.7 Å². The molecule has 2 N–H and O–H groups in total. The summed E-state index contributed by atoms with van der Waals surface area (Å²) >= 11 is 0. The van der Waals surface area contributed by atoms with Crippen LogP contribution >= 0.6 is 0 Å². The summed E-state index contributed by atoms with van der Waals surface area (Å²) < 4.78 is 0. The molecule has 3 nitrogen and oxygen atoms in total. The molecule has 3 heteroatoms. The number of rotatable bonds is 7. The van der Waals surface area contributed by atoms with Gasteiger partial charge in [-0.3, -0.25) is 5.32 Å². The Kier molecular flexibility index (Phi) is 7.84. The van der Waals surface area contributed by atoms with Crippen molar-refractivity contribution in [2.24, 2.45) is 10.8 Å². The molecule has 0 saturated carbocycles. The molecule has 1 fully saturated rings. The molecule has 0 aromatic carbocycles. The second-order valence-electron chi connectivity index (χ2n) is 9.19. The van der Waals surface area contributed by atoms with Gasteiger partial charge in [0, 0.05) is 19.1 Å². The van der Waals surface area contributed by atoms with Crippen molar-refractivity contribution >= 4 is 0 Å². The number of hydrazine groups is 1. The van der Waals surface area contributed by atoms with Crippen molar-refractivity contribution in [1.82, 2.24) is 15.8 Å². The van der Waals surface area contributed by atoms with Crippen LogP contribution in [0, 0.1) is 10.8 Å². The monoisotopic (exact) mass is 311 g/mol. The van der Waals surface area contributed by atoms with E-state index in [0.717, 1.165) is 13.1 Å². The second-order valence-corrected chi connectivity index (χ2v) is 9.19. The summed E-state index contributed by atoms with van der Waals surface area (Å²) in [6.07, 6.45) is 8.57. The Labute approximate surface area is 139 Å². The predicted molar refractivity (Wildman–Crippen MR) is 97.7 cm³/mol. The van der Waals surface area contributed by atoms with Gasteiger partial charge in [0.2, 0.25) is 0 Å². The molecule has 0 radical (unpaired) electrons. The SMILES string of the molecule is CCCCCCCCN1NC(C(C)(C)C)CN[C@@H]1C(C)(C)C. The molecule has 1 heterocycles. The van der Waals surface area contributed by atoms with Crippen LogP contribution in [0.4, 0.5) is 0 Å². The summed E-state index contributed by atoms with van der Waals surface area (Å²) in [7, 11) is 0. The minimum absolute atomic E-state index is 0.248. The molecule has 0 aromatic heterocycles. The zero-order chi connectivity index (χ0) is 16.8. The second kappa shape index (κ2) is 8.65. The topological polar surface area (TPSA) is 27.3 Å². The summed E-state index contributed by atoms with van der Waals surface area (Å²) in [6.45, 7) is 18.5. The van der Waals surface area contributed by atoms with Crippen molar-refractivity contribution < 1.29 is 0 Å². The van der Waals surface area contributed by atoms with Gasteiger partial charge in [0.15, 0.2) is 0 Å². The maximum Gasteiger partial charge on any atom is 0.0782 e. The highest BCUT2D eigenvalue weighted by Gasteiger charge is 2.38. The third kappa shape index (κ3) is 6.55. The van der Waals surface area contributed by atoms with Gasteiger partial charge >= 0.3 is 0 Å². The van der Waals surface area contributed by atoms with Crippen LogP contribution in [0.5, 0.6) is 0 Å². The smallest absolute Gasteiger partial charge is 0.0782 e. The standard InChI is InChI=1S/C19H41N3/c1-8-9-10-11-12-13-14-22-17(19(5,6)7)20-15-16(21-22)18(2,3)4/h16-17,20-21H,8-15H2,1-7H3/t16?,17-/m0/s1. The molecule has 2 atom stereocenters. The van der Waals surface area contributed by atoms with Crippen LogP contribution in [0.2, 0.25) is 0 Å². The summed E-state index contributed by atoms with van der Waals surface area (Å²) in [4.78, 5) is 0. The molecule has 0 bridgehead atoms. The van der Waals surface area contributed by atoms with Crippen molar-refractivity contribution in [2.75, 3.05) is 13.1 Å². The Bertz CT molecular complexity index is 301. The Balaban J connectivity index is 2.51. The van der Waals surface area contributed by atoms with Crippen LogP contribution in [0.25, 0.3) is 0 Å². The molecule has 1 rings (SSSR count). The van der Waals surface area contributed by atoms with Crippen molar-refractivity contribution in [1.29, 1.82) is 0 Å². The van der Waals surface area contributed by atoms with Gasteiger partial charge in [-0.1, -0.05) is 80.6 Å². The highest BCUT2D eigenvalue weighted by molar-refractivity contribution is 4.91. The van der Waals surface area contributed by atoms with Crippen LogP contribution in [0.1, 0.15) is 87.0 Å². The van der Waals surface area contributed by atoms with E-state index in [1.807, 2.05) is 0 Å². The third-order valence-electron chi connectivity index (χ3n) is 4.77. The maximum absolute atomic E-state index is 3.82. The van der Waals surface area contributed by atoms with E-state index in [0.29, 0.717) is 12.2 Å². The molecule has 1 aliphatic heterocycles. The number of hydrogen-bond acceptors (Lipinski definition) is 3. The van der Waals surface area contributed by atoms with E-state index in [4.69, 9.17) is 0 Å². The van der Waals surface area contributed by atoms with E-state index in [9.17, 15) is 0 Å². The lowest BCUT2D eigenvalue weighted by atomic mass is 9.84. The predicted octanol–water partition coefficient (Wildman–Crippen LogP) is 4.54. The van der Waals surface area contributed by atoms with E-state index >= 15 is 0 Å². The first kappa shape index (κ1) is 19.9. The average molecular weight is 312 g/mol. The summed E-state index contributed by atoms with van der Waals surface area (Å²) in [5.41, 5.74) is 4.36. The molecule has 1 unspecified atom stereocenters. The summed E-state index contributed by atoms with van der Waals surface area (Å²) in [5, 5.41) is 6.28. The lowest BCUT2D eigenvalue weighted by Crippen LogP contribution is -2.70. The quantitative estimate of drug-likeness (QED) is 0.676. The lowest BCUT2D eigenvalue weighted by Gasteiger charge is -2.50. The molecule has 0 amide bonds. The number of unbranched alkanes of at least 4 members (excludes halogenated alkanes) is 5. The highest BCUT2D eigenvalue weighted by atomic mass is 15.6. The summed E-state index contributed by atoms with van der Waals surface area (Å²) in [6, 6.07) is 0.506. The van der Waals surface area contributed by atoms with Gasteiger partial charge in [-0.05, 0) is 17.3 Å². The van der Waals surface area contributed by atoms with Gasteiger partial charge in [-0.25, -0.2) is 10.4 Å². The first-order chi connectivity index (χ1) is 10.2. The molecule has 22 heavy (non-hydrogen) atoms. The number of nitrogens with one attached hydrogen (secondary N) is 2. The third-order valence-corrected chi connectivity index (χ3v) is 4.77. The zero-order valence-electron chi connectivity index (χ0n) is 16.3. The van der Waals surface area contributed by atoms with Gasteiger partial charge in [0.05, 0.1) is 6.17 Å². The molecule has 132 valence electrons. The van der Waals surface area contributed by atoms with E-state index in [2.05, 4.69) is 64.2 Å². The van der Waals surface area contributed by atoms with E-state index in [-0.39, 0.29) is 10.8 Å². The molecule has 1 saturated heterocycles. The minimum atomic E-state index is 0.248. The number of hydrogen-bond donors (Lipinski definition) is 2. The normalized spacial score (nSPS) is 24.7. The molecule has 0 aromatic rings. The Morgan fingerprint density at radius 3 is 2.00 bits per heavy atom. The molecular formula is C19H41N3. The minimum Gasteiger partial charge on any atom is -0.299 e. The van der Waals surface area contributed by atoms with Crippen molar-refractivity contribution in [3.63, 3.8) is 0 Å². The van der Waals surface area contributed by atoms with Gasteiger partial charge in [0.1, 0.15) is 0 Å². The van der Waals surface area contributed by atoms with Crippen molar-refractivity contribution in [3.8, 4) is 0 Å². The van der Waals surface area contributed by atoms with Crippen molar-refractivity contribution in [3.05, 3.63) is 0 Å². The summed E-state index contributed by atoms with van der Waals surface area (Å²) in [5.74, 6) is 0. The average Bonchev–Trinajstić information content (AvgIpc) is 2.40. The van der Waals surface area contributed by atoms with Crippen LogP contribution in [-0.2, 0) is 0 Å². The molecule has 0 aliphatic carbocycles. The van der Waals surface area contributed by atoms with Gasteiger partial charge in [0.25, 0.3) is 0 Å². The Hall–Kier alpha value is -0.120. The largest absolute Gasteiger partial charge is 0.299 e. The zero-order valence-corrected chi connectivity index (χ0v) is 16.3.